The van der Waals surface area contributed by atoms with Crippen molar-refractivity contribution < 1.29 is 25.8 Å². The van der Waals surface area contributed by atoms with E-state index in [-0.39, 0.29) is 21.1 Å². The van der Waals surface area contributed by atoms with Gasteiger partial charge in [-0.3, -0.25) is 9.97 Å². The molecule has 5 heterocycles. The topological polar surface area (TPSA) is 56.7 Å². The van der Waals surface area contributed by atoms with E-state index in [1.54, 1.807) is 0 Å². The first kappa shape index (κ1) is 26.6. The molecule has 0 fully saturated rings. The van der Waals surface area contributed by atoms with E-state index >= 15 is 0 Å². The third-order valence-corrected chi connectivity index (χ3v) is 8.40. The molecule has 0 aliphatic rings. The quantitative estimate of drug-likeness (QED) is 0.134. The van der Waals surface area contributed by atoms with Crippen molar-refractivity contribution in [2.75, 3.05) is 0 Å². The third kappa shape index (κ3) is 3.81. The van der Waals surface area contributed by atoms with Crippen LogP contribution in [0.15, 0.2) is 103 Å². The van der Waals surface area contributed by atoms with Gasteiger partial charge in [-0.05, 0) is 42.3 Å². The SMILES string of the molecule is Cc1nc2c3[c-]c(Oc4[c-]c5c(cc4)c4cccnc4n4c(-c6ccccc6)cnc54)ccc3c3ccccc3n2c1C.[Pt+2]. The molecule has 4 aromatic carbocycles. The van der Waals surface area contributed by atoms with E-state index in [0.29, 0.717) is 11.5 Å². The summed E-state index contributed by atoms with van der Waals surface area (Å²) in [6.07, 6.45) is 3.73. The molecule has 0 radical (unpaired) electrons. The normalized spacial score (nSPS) is 11.7. The third-order valence-electron chi connectivity index (χ3n) is 8.40. The van der Waals surface area contributed by atoms with Crippen molar-refractivity contribution >= 4 is 54.8 Å². The summed E-state index contributed by atoms with van der Waals surface area (Å²) in [5.41, 5.74) is 7.82. The number of rotatable bonds is 3. The minimum atomic E-state index is 0. The molecule has 0 aliphatic carbocycles. The summed E-state index contributed by atoms with van der Waals surface area (Å²) in [5, 5.41) is 6.09. The van der Waals surface area contributed by atoms with Crippen LogP contribution in [-0.4, -0.2) is 23.8 Å². The minimum Gasteiger partial charge on any atom is -0.497 e. The fraction of sp³-hybridized carbons (Fsp3) is 0.0541. The van der Waals surface area contributed by atoms with Crippen LogP contribution in [0.1, 0.15) is 11.4 Å². The molecule has 7 heteroatoms. The van der Waals surface area contributed by atoms with Gasteiger partial charge in [-0.15, -0.1) is 12.1 Å². The molecule has 0 saturated carbocycles. The van der Waals surface area contributed by atoms with Gasteiger partial charge in [-0.2, -0.15) is 0 Å². The molecule has 9 aromatic rings. The molecular formula is C37H23N5OPt. The summed E-state index contributed by atoms with van der Waals surface area (Å²) in [4.78, 5) is 14.5. The van der Waals surface area contributed by atoms with Crippen molar-refractivity contribution in [1.82, 2.24) is 23.8 Å². The Morgan fingerprint density at radius 3 is 2.09 bits per heavy atom. The number of hydrogen-bond acceptors (Lipinski definition) is 4. The summed E-state index contributed by atoms with van der Waals surface area (Å²) in [7, 11) is 0. The molecule has 9 rings (SSSR count). The number of aryl methyl sites for hydroxylation is 2. The molecule has 0 aliphatic heterocycles. The molecule has 6 nitrogen and oxygen atoms in total. The van der Waals surface area contributed by atoms with E-state index < -0.39 is 0 Å². The van der Waals surface area contributed by atoms with Gasteiger partial charge in [0.15, 0.2) is 0 Å². The number of aromatic nitrogens is 5. The van der Waals surface area contributed by atoms with Crippen molar-refractivity contribution in [1.29, 1.82) is 0 Å². The first-order chi connectivity index (χ1) is 21.2. The molecule has 0 N–H and O–H groups in total. The van der Waals surface area contributed by atoms with Crippen molar-refractivity contribution in [3.63, 3.8) is 0 Å². The predicted octanol–water partition coefficient (Wildman–Crippen LogP) is 8.66. The second-order valence-corrected chi connectivity index (χ2v) is 10.8. The van der Waals surface area contributed by atoms with Crippen LogP contribution in [0.25, 0.3) is 66.0 Å². The monoisotopic (exact) mass is 748 g/mol. The van der Waals surface area contributed by atoms with Gasteiger partial charge < -0.3 is 13.5 Å². The molecule has 5 aromatic heterocycles. The Morgan fingerprint density at radius 1 is 0.614 bits per heavy atom. The van der Waals surface area contributed by atoms with Crippen LogP contribution < -0.4 is 4.74 Å². The Morgan fingerprint density at radius 2 is 1.30 bits per heavy atom. The minimum absolute atomic E-state index is 0. The maximum Gasteiger partial charge on any atom is 2.00 e. The van der Waals surface area contributed by atoms with Gasteiger partial charge in [0.2, 0.25) is 0 Å². The maximum atomic E-state index is 6.44. The van der Waals surface area contributed by atoms with Crippen LogP contribution in [0.3, 0.4) is 0 Å². The van der Waals surface area contributed by atoms with E-state index in [1.165, 1.54) is 0 Å². The van der Waals surface area contributed by atoms with Crippen LogP contribution in [-0.2, 0) is 21.1 Å². The van der Waals surface area contributed by atoms with E-state index in [2.05, 4.69) is 82.5 Å². The number of hydrogen-bond donors (Lipinski definition) is 0. The smallest absolute Gasteiger partial charge is 0.497 e. The van der Waals surface area contributed by atoms with Crippen molar-refractivity contribution in [2.45, 2.75) is 13.8 Å². The number of pyridine rings is 3. The van der Waals surface area contributed by atoms with Gasteiger partial charge in [-0.1, -0.05) is 100 Å². The first-order valence-corrected chi connectivity index (χ1v) is 14.2. The van der Waals surface area contributed by atoms with Crippen LogP contribution in [0, 0.1) is 26.0 Å². The maximum absolute atomic E-state index is 6.44. The molecule has 0 saturated heterocycles. The summed E-state index contributed by atoms with van der Waals surface area (Å²) in [5.74, 6) is 1.19. The predicted molar refractivity (Wildman–Crippen MR) is 171 cm³/mol. The first-order valence-electron chi connectivity index (χ1n) is 14.2. The fourth-order valence-corrected chi connectivity index (χ4v) is 6.30. The summed E-state index contributed by atoms with van der Waals surface area (Å²) >= 11 is 0. The van der Waals surface area contributed by atoms with Crippen LogP contribution in [0.5, 0.6) is 11.5 Å². The van der Waals surface area contributed by atoms with Crippen LogP contribution >= 0.6 is 0 Å². The zero-order valence-electron chi connectivity index (χ0n) is 23.8. The van der Waals surface area contributed by atoms with Gasteiger partial charge >= 0.3 is 21.1 Å². The van der Waals surface area contributed by atoms with Gasteiger partial charge in [0.25, 0.3) is 0 Å². The zero-order valence-corrected chi connectivity index (χ0v) is 26.0. The number of nitrogens with zero attached hydrogens (tertiary/aromatic N) is 5. The molecular weight excluding hydrogens is 726 g/mol. The summed E-state index contributed by atoms with van der Waals surface area (Å²) in [6.45, 7) is 4.16. The molecule has 44 heavy (non-hydrogen) atoms. The second kappa shape index (κ2) is 10.0. The molecule has 0 amide bonds. The number of para-hydroxylation sites is 1. The van der Waals surface area contributed by atoms with Gasteiger partial charge in [0.05, 0.1) is 17.0 Å². The second-order valence-electron chi connectivity index (χ2n) is 10.8. The average Bonchev–Trinajstić information content (AvgIpc) is 3.63. The molecule has 212 valence electrons. The van der Waals surface area contributed by atoms with E-state index in [4.69, 9.17) is 19.7 Å². The molecule has 0 spiro atoms. The van der Waals surface area contributed by atoms with E-state index in [0.717, 1.165) is 77.4 Å². The van der Waals surface area contributed by atoms with Crippen LogP contribution in [0.4, 0.5) is 0 Å². The fourth-order valence-electron chi connectivity index (χ4n) is 6.30. The number of imidazole rings is 2. The number of benzene rings is 4. The number of ether oxygens (including phenoxy) is 1. The van der Waals surface area contributed by atoms with Crippen molar-refractivity contribution in [3.8, 4) is 22.8 Å². The standard InChI is InChI=1S/C37H23N5O.Pt/c1-22-23(2)41-33-13-7-6-11-29(33)27-16-14-26(20-32(27)37(41)40-22)43-25-15-17-28-30-12-8-18-38-35(30)42-34(24-9-4-3-5-10-24)21-39-36(42)31(28)19-25;/h3-18,21H,1-2H3;/q-2;+2. The summed E-state index contributed by atoms with van der Waals surface area (Å²) in [6, 6.07) is 37.9. The van der Waals surface area contributed by atoms with E-state index in [1.807, 2.05) is 55.7 Å². The molecule has 0 atom stereocenters. The van der Waals surface area contributed by atoms with Gasteiger partial charge in [-0.25, -0.2) is 4.98 Å². The Kier molecular flexibility index (Phi) is 6.04. The number of fused-ring (bicyclic) bond motifs is 12. The summed E-state index contributed by atoms with van der Waals surface area (Å²) < 4.78 is 10.8. The van der Waals surface area contributed by atoms with E-state index in [9.17, 15) is 0 Å². The Bertz CT molecular complexity index is 2570. The Balaban J connectivity index is 0.00000289. The Labute approximate surface area is 266 Å². The molecule has 0 bridgehead atoms. The largest absolute Gasteiger partial charge is 2.00 e. The zero-order chi connectivity index (χ0) is 28.7. The van der Waals surface area contributed by atoms with Crippen LogP contribution in [0.2, 0.25) is 0 Å². The van der Waals surface area contributed by atoms with Gasteiger partial charge in [0.1, 0.15) is 5.65 Å². The van der Waals surface area contributed by atoms with Gasteiger partial charge in [0, 0.05) is 40.8 Å². The average molecular weight is 749 g/mol. The Hall–Kier alpha value is -5.06. The molecule has 0 unspecified atom stereocenters. The van der Waals surface area contributed by atoms with Crippen molar-refractivity contribution in [3.05, 3.63) is 127 Å². The van der Waals surface area contributed by atoms with Crippen molar-refractivity contribution in [2.24, 2.45) is 0 Å².